The number of nitrogens with one attached hydrogen (secondary N) is 1. The van der Waals surface area contributed by atoms with E-state index in [1.54, 1.807) is 7.11 Å². The zero-order valence-corrected chi connectivity index (χ0v) is 10.6. The van der Waals surface area contributed by atoms with Crippen LogP contribution in [0.3, 0.4) is 0 Å². The van der Waals surface area contributed by atoms with Gasteiger partial charge in [-0.1, -0.05) is 0 Å². The SMILES string of the molecule is CCOC(C)CNCC(O)COCCOC. The predicted molar refractivity (Wildman–Crippen MR) is 62.7 cm³/mol. The van der Waals surface area contributed by atoms with Crippen molar-refractivity contribution >= 4 is 0 Å². The summed E-state index contributed by atoms with van der Waals surface area (Å²) < 4.78 is 15.4. The molecule has 5 heteroatoms. The minimum absolute atomic E-state index is 0.173. The van der Waals surface area contributed by atoms with E-state index in [4.69, 9.17) is 14.2 Å². The van der Waals surface area contributed by atoms with E-state index in [0.717, 1.165) is 6.54 Å². The smallest absolute Gasteiger partial charge is 0.0897 e. The molecule has 0 amide bonds. The molecule has 98 valence electrons. The largest absolute Gasteiger partial charge is 0.389 e. The number of rotatable bonds is 11. The van der Waals surface area contributed by atoms with E-state index in [0.29, 0.717) is 33.0 Å². The Morgan fingerprint density at radius 1 is 1.25 bits per heavy atom. The zero-order valence-electron chi connectivity index (χ0n) is 10.6. The van der Waals surface area contributed by atoms with Crippen LogP contribution in [0.1, 0.15) is 13.8 Å². The maximum absolute atomic E-state index is 9.52. The van der Waals surface area contributed by atoms with E-state index < -0.39 is 6.10 Å². The third-order valence-electron chi connectivity index (χ3n) is 2.00. The Morgan fingerprint density at radius 2 is 2.00 bits per heavy atom. The number of aliphatic hydroxyl groups is 1. The number of hydrogen-bond acceptors (Lipinski definition) is 5. The fourth-order valence-corrected chi connectivity index (χ4v) is 1.22. The molecule has 0 bridgehead atoms. The van der Waals surface area contributed by atoms with Crippen molar-refractivity contribution in [3.63, 3.8) is 0 Å². The van der Waals surface area contributed by atoms with Crippen molar-refractivity contribution < 1.29 is 19.3 Å². The average molecular weight is 235 g/mol. The molecule has 16 heavy (non-hydrogen) atoms. The molecular formula is C11H25NO4. The van der Waals surface area contributed by atoms with Gasteiger partial charge >= 0.3 is 0 Å². The van der Waals surface area contributed by atoms with Crippen molar-refractivity contribution in [2.24, 2.45) is 0 Å². The maximum Gasteiger partial charge on any atom is 0.0897 e. The maximum atomic E-state index is 9.52. The standard InChI is InChI=1S/C11H25NO4/c1-4-16-10(2)7-12-8-11(13)9-15-6-5-14-3/h10-13H,4-9H2,1-3H3. The van der Waals surface area contributed by atoms with Crippen LogP contribution < -0.4 is 5.32 Å². The number of hydrogen-bond donors (Lipinski definition) is 2. The van der Waals surface area contributed by atoms with Crippen LogP contribution in [-0.2, 0) is 14.2 Å². The van der Waals surface area contributed by atoms with Gasteiger partial charge in [0.25, 0.3) is 0 Å². The van der Waals surface area contributed by atoms with E-state index >= 15 is 0 Å². The van der Waals surface area contributed by atoms with Crippen LogP contribution in [-0.4, -0.2) is 63.9 Å². The summed E-state index contributed by atoms with van der Waals surface area (Å²) in [5.74, 6) is 0. The van der Waals surface area contributed by atoms with Crippen molar-refractivity contribution in [3.05, 3.63) is 0 Å². The van der Waals surface area contributed by atoms with Gasteiger partial charge in [0.15, 0.2) is 0 Å². The highest BCUT2D eigenvalue weighted by atomic mass is 16.5. The van der Waals surface area contributed by atoms with Gasteiger partial charge in [0.2, 0.25) is 0 Å². The van der Waals surface area contributed by atoms with Crippen LogP contribution in [0.5, 0.6) is 0 Å². The van der Waals surface area contributed by atoms with Gasteiger partial charge < -0.3 is 24.6 Å². The van der Waals surface area contributed by atoms with E-state index in [1.807, 2.05) is 13.8 Å². The lowest BCUT2D eigenvalue weighted by atomic mass is 10.3. The van der Waals surface area contributed by atoms with E-state index in [-0.39, 0.29) is 6.10 Å². The normalized spacial score (nSPS) is 15.0. The van der Waals surface area contributed by atoms with Crippen LogP contribution in [0.4, 0.5) is 0 Å². The summed E-state index contributed by atoms with van der Waals surface area (Å²) in [6, 6.07) is 0. The first-order valence-electron chi connectivity index (χ1n) is 5.77. The molecule has 0 rings (SSSR count). The molecule has 0 saturated heterocycles. The predicted octanol–water partition coefficient (Wildman–Crippen LogP) is 0.0249. The topological polar surface area (TPSA) is 60.0 Å². The van der Waals surface area contributed by atoms with Crippen LogP contribution in [0, 0.1) is 0 Å². The molecule has 0 aliphatic rings. The summed E-state index contributed by atoms with van der Waals surface area (Å²) >= 11 is 0. The quantitative estimate of drug-likeness (QED) is 0.495. The molecule has 0 aliphatic heterocycles. The minimum Gasteiger partial charge on any atom is -0.389 e. The minimum atomic E-state index is -0.481. The molecule has 0 heterocycles. The van der Waals surface area contributed by atoms with Gasteiger partial charge in [0.05, 0.1) is 32.0 Å². The molecule has 0 aliphatic carbocycles. The molecule has 2 atom stereocenters. The van der Waals surface area contributed by atoms with Crippen molar-refractivity contribution in [1.82, 2.24) is 5.32 Å². The van der Waals surface area contributed by atoms with Crippen molar-refractivity contribution in [2.75, 3.05) is 46.6 Å². The highest BCUT2D eigenvalue weighted by Gasteiger charge is 2.05. The molecule has 0 aromatic carbocycles. The number of ether oxygens (including phenoxy) is 3. The van der Waals surface area contributed by atoms with Crippen LogP contribution in [0.25, 0.3) is 0 Å². The molecule has 5 nitrogen and oxygen atoms in total. The molecule has 0 aromatic rings. The Hall–Kier alpha value is -0.200. The van der Waals surface area contributed by atoms with Gasteiger partial charge in [-0.25, -0.2) is 0 Å². The van der Waals surface area contributed by atoms with Crippen LogP contribution in [0.2, 0.25) is 0 Å². The lowest BCUT2D eigenvalue weighted by Gasteiger charge is -2.15. The average Bonchev–Trinajstić information content (AvgIpc) is 2.25. The molecule has 0 radical (unpaired) electrons. The summed E-state index contributed by atoms with van der Waals surface area (Å²) in [5.41, 5.74) is 0. The van der Waals surface area contributed by atoms with Gasteiger partial charge in [-0.2, -0.15) is 0 Å². The molecule has 2 N–H and O–H groups in total. The molecule has 0 spiro atoms. The summed E-state index contributed by atoms with van der Waals surface area (Å²) in [6.07, 6.45) is -0.308. The summed E-state index contributed by atoms with van der Waals surface area (Å²) in [5, 5.41) is 12.6. The summed E-state index contributed by atoms with van der Waals surface area (Å²) in [4.78, 5) is 0. The van der Waals surface area contributed by atoms with Crippen molar-refractivity contribution in [2.45, 2.75) is 26.1 Å². The molecule has 2 unspecified atom stereocenters. The Balaban J connectivity index is 3.26. The van der Waals surface area contributed by atoms with E-state index in [2.05, 4.69) is 5.32 Å². The fraction of sp³-hybridized carbons (Fsp3) is 1.00. The van der Waals surface area contributed by atoms with Gasteiger partial charge in [0.1, 0.15) is 0 Å². The van der Waals surface area contributed by atoms with Crippen LogP contribution in [0.15, 0.2) is 0 Å². The zero-order chi connectivity index (χ0) is 12.2. The van der Waals surface area contributed by atoms with Crippen LogP contribution >= 0.6 is 0 Å². The fourth-order valence-electron chi connectivity index (χ4n) is 1.22. The Kier molecular flexibility index (Phi) is 11.1. The molecule has 0 fully saturated rings. The van der Waals surface area contributed by atoms with E-state index in [1.165, 1.54) is 0 Å². The van der Waals surface area contributed by atoms with E-state index in [9.17, 15) is 5.11 Å². The molecule has 0 aromatic heterocycles. The van der Waals surface area contributed by atoms with Gasteiger partial charge in [-0.15, -0.1) is 0 Å². The highest BCUT2D eigenvalue weighted by molar-refractivity contribution is 4.61. The first kappa shape index (κ1) is 15.8. The Labute approximate surface area is 98.1 Å². The van der Waals surface area contributed by atoms with Gasteiger partial charge in [-0.3, -0.25) is 0 Å². The summed E-state index contributed by atoms with van der Waals surface area (Å²) in [7, 11) is 1.62. The lowest BCUT2D eigenvalue weighted by Crippen LogP contribution is -2.35. The third kappa shape index (κ3) is 10.3. The van der Waals surface area contributed by atoms with Gasteiger partial charge in [0, 0.05) is 26.8 Å². The second-order valence-electron chi connectivity index (χ2n) is 3.65. The van der Waals surface area contributed by atoms with Gasteiger partial charge in [-0.05, 0) is 13.8 Å². The molecule has 0 saturated carbocycles. The monoisotopic (exact) mass is 235 g/mol. The van der Waals surface area contributed by atoms with Crippen molar-refractivity contribution in [3.8, 4) is 0 Å². The van der Waals surface area contributed by atoms with Crippen molar-refractivity contribution in [1.29, 1.82) is 0 Å². The Morgan fingerprint density at radius 3 is 2.62 bits per heavy atom. The second-order valence-corrected chi connectivity index (χ2v) is 3.65. The third-order valence-corrected chi connectivity index (χ3v) is 2.00. The first-order chi connectivity index (χ1) is 7.70. The lowest BCUT2D eigenvalue weighted by molar-refractivity contribution is 0.0116. The number of aliphatic hydroxyl groups excluding tert-OH is 1. The highest BCUT2D eigenvalue weighted by Crippen LogP contribution is 1.89. The molecular weight excluding hydrogens is 210 g/mol. The first-order valence-corrected chi connectivity index (χ1v) is 5.77. The Bertz CT molecular complexity index is 146. The second kappa shape index (κ2) is 11.3. The summed E-state index contributed by atoms with van der Waals surface area (Å²) in [6.45, 7) is 7.34. The number of methoxy groups -OCH3 is 1.